The van der Waals surface area contributed by atoms with Crippen molar-refractivity contribution in [2.45, 2.75) is 17.9 Å². The van der Waals surface area contributed by atoms with E-state index >= 15 is 0 Å². The van der Waals surface area contributed by atoms with Crippen molar-refractivity contribution < 1.29 is 22.7 Å². The molecule has 1 aromatic rings. The van der Waals surface area contributed by atoms with E-state index in [2.05, 4.69) is 16.0 Å². The number of morpholine rings is 2. The highest BCUT2D eigenvalue weighted by molar-refractivity contribution is 7.89. The SMILES string of the molecule is CCNc1ccc(S(=O)(=O)N2CCOCC2)cc1NC(=O)[C@H]1CNCCO1. The van der Waals surface area contributed by atoms with Gasteiger partial charge in [-0.15, -0.1) is 0 Å². The summed E-state index contributed by atoms with van der Waals surface area (Å²) in [5, 5.41) is 9.05. The van der Waals surface area contributed by atoms with Crippen molar-refractivity contribution in [1.29, 1.82) is 0 Å². The Morgan fingerprint density at radius 2 is 2.04 bits per heavy atom. The van der Waals surface area contributed by atoms with Crippen molar-refractivity contribution in [3.63, 3.8) is 0 Å². The average Bonchev–Trinajstić information content (AvgIpc) is 2.70. The van der Waals surface area contributed by atoms with Crippen LogP contribution in [0.25, 0.3) is 0 Å². The smallest absolute Gasteiger partial charge is 0.254 e. The van der Waals surface area contributed by atoms with Crippen LogP contribution in [0.5, 0.6) is 0 Å². The zero-order valence-corrected chi connectivity index (χ0v) is 16.2. The molecule has 2 heterocycles. The fourth-order valence-corrected chi connectivity index (χ4v) is 4.45. The Kier molecular flexibility index (Phi) is 6.66. The molecule has 2 fully saturated rings. The molecule has 10 heteroatoms. The third-order valence-corrected chi connectivity index (χ3v) is 6.34. The van der Waals surface area contributed by atoms with E-state index in [1.807, 2.05) is 6.92 Å². The quantitative estimate of drug-likeness (QED) is 0.622. The maximum atomic E-state index is 12.9. The Hall–Kier alpha value is -1.72. The van der Waals surface area contributed by atoms with E-state index in [0.29, 0.717) is 63.9 Å². The van der Waals surface area contributed by atoms with Gasteiger partial charge in [-0.2, -0.15) is 4.31 Å². The number of carbonyl (C=O) groups excluding carboxylic acids is 1. The van der Waals surface area contributed by atoms with E-state index in [1.165, 1.54) is 10.4 Å². The average molecular weight is 398 g/mol. The molecule has 1 amide bonds. The van der Waals surface area contributed by atoms with Gasteiger partial charge in [0, 0.05) is 32.7 Å². The number of benzene rings is 1. The number of nitrogens with zero attached hydrogens (tertiary/aromatic N) is 1. The third kappa shape index (κ3) is 4.77. The molecule has 0 bridgehead atoms. The minimum absolute atomic E-state index is 0.143. The zero-order chi connectivity index (χ0) is 19.3. The first-order chi connectivity index (χ1) is 13.0. The first-order valence-corrected chi connectivity index (χ1v) is 10.6. The molecule has 0 unspecified atom stereocenters. The Morgan fingerprint density at radius 1 is 1.26 bits per heavy atom. The van der Waals surface area contributed by atoms with Crippen molar-refractivity contribution in [1.82, 2.24) is 9.62 Å². The molecule has 0 aromatic heterocycles. The molecule has 3 N–H and O–H groups in total. The highest BCUT2D eigenvalue weighted by atomic mass is 32.2. The molecule has 27 heavy (non-hydrogen) atoms. The van der Waals surface area contributed by atoms with Crippen LogP contribution in [0.3, 0.4) is 0 Å². The van der Waals surface area contributed by atoms with Crippen molar-refractivity contribution in [3.05, 3.63) is 18.2 Å². The molecule has 2 aliphatic rings. The number of amides is 1. The Morgan fingerprint density at radius 3 is 2.70 bits per heavy atom. The number of nitrogens with one attached hydrogen (secondary N) is 3. The summed E-state index contributed by atoms with van der Waals surface area (Å²) in [6.07, 6.45) is -0.604. The lowest BCUT2D eigenvalue weighted by molar-refractivity contribution is -0.128. The van der Waals surface area contributed by atoms with E-state index in [0.717, 1.165) is 0 Å². The standard InChI is InChI=1S/C17H26N4O5S/c1-2-19-14-4-3-13(27(23,24)21-6-9-25-10-7-21)11-15(14)20-17(22)16-12-18-5-8-26-16/h3-4,11,16,18-19H,2,5-10,12H2,1H3,(H,20,22)/t16-/m1/s1. The fourth-order valence-electron chi connectivity index (χ4n) is 3.01. The van der Waals surface area contributed by atoms with Crippen molar-refractivity contribution >= 4 is 27.3 Å². The second kappa shape index (κ2) is 8.98. The highest BCUT2D eigenvalue weighted by Crippen LogP contribution is 2.28. The number of ether oxygens (including phenoxy) is 2. The van der Waals surface area contributed by atoms with Gasteiger partial charge in [-0.1, -0.05) is 0 Å². The van der Waals surface area contributed by atoms with Gasteiger partial charge >= 0.3 is 0 Å². The van der Waals surface area contributed by atoms with Crippen LogP contribution in [0, 0.1) is 0 Å². The summed E-state index contributed by atoms with van der Waals surface area (Å²) in [6, 6.07) is 4.72. The summed E-state index contributed by atoms with van der Waals surface area (Å²) in [5.41, 5.74) is 1.08. The van der Waals surface area contributed by atoms with Gasteiger partial charge in [-0.05, 0) is 25.1 Å². The van der Waals surface area contributed by atoms with Gasteiger partial charge in [0.25, 0.3) is 5.91 Å². The molecule has 9 nitrogen and oxygen atoms in total. The summed E-state index contributed by atoms with van der Waals surface area (Å²) in [7, 11) is -3.65. The Labute approximate surface area is 159 Å². The summed E-state index contributed by atoms with van der Waals surface area (Å²) in [4.78, 5) is 12.6. The number of rotatable bonds is 6. The Balaban J connectivity index is 1.84. The molecule has 1 atom stereocenters. The van der Waals surface area contributed by atoms with Gasteiger partial charge in [0.15, 0.2) is 0 Å². The molecule has 0 saturated carbocycles. The Bertz CT molecular complexity index is 759. The van der Waals surface area contributed by atoms with Crippen LogP contribution in [0.15, 0.2) is 23.1 Å². The largest absolute Gasteiger partial charge is 0.384 e. The number of sulfonamides is 1. The predicted octanol–water partition coefficient (Wildman–Crippen LogP) is 0.0662. The lowest BCUT2D eigenvalue weighted by Gasteiger charge is -2.27. The molecule has 3 rings (SSSR count). The molecule has 0 spiro atoms. The van der Waals surface area contributed by atoms with E-state index < -0.39 is 16.1 Å². The maximum Gasteiger partial charge on any atom is 0.254 e. The zero-order valence-electron chi connectivity index (χ0n) is 15.4. The van der Waals surface area contributed by atoms with Crippen LogP contribution in [0.1, 0.15) is 6.92 Å². The minimum atomic E-state index is -3.65. The van der Waals surface area contributed by atoms with Crippen molar-refractivity contribution in [2.75, 3.05) is 63.2 Å². The van der Waals surface area contributed by atoms with Crippen molar-refractivity contribution in [3.8, 4) is 0 Å². The third-order valence-electron chi connectivity index (χ3n) is 4.44. The van der Waals surface area contributed by atoms with Gasteiger partial charge in [-0.25, -0.2) is 8.42 Å². The second-order valence-corrected chi connectivity index (χ2v) is 8.24. The lowest BCUT2D eigenvalue weighted by atomic mass is 10.2. The molecule has 0 radical (unpaired) electrons. The van der Waals surface area contributed by atoms with Crippen LogP contribution >= 0.6 is 0 Å². The van der Waals surface area contributed by atoms with Crippen LogP contribution in [0.2, 0.25) is 0 Å². The van der Waals surface area contributed by atoms with Crippen LogP contribution in [0.4, 0.5) is 11.4 Å². The van der Waals surface area contributed by atoms with E-state index in [4.69, 9.17) is 9.47 Å². The van der Waals surface area contributed by atoms with Crippen molar-refractivity contribution in [2.24, 2.45) is 0 Å². The lowest BCUT2D eigenvalue weighted by Crippen LogP contribution is -2.45. The van der Waals surface area contributed by atoms with Gasteiger partial charge < -0.3 is 25.4 Å². The van der Waals surface area contributed by atoms with Crippen LogP contribution in [-0.4, -0.2) is 77.3 Å². The molecule has 2 saturated heterocycles. The molecule has 2 aliphatic heterocycles. The number of hydrogen-bond acceptors (Lipinski definition) is 7. The van der Waals surface area contributed by atoms with Crippen LogP contribution < -0.4 is 16.0 Å². The summed E-state index contributed by atoms with van der Waals surface area (Å²) in [6.45, 7) is 5.56. The van der Waals surface area contributed by atoms with E-state index in [9.17, 15) is 13.2 Å². The summed E-state index contributed by atoms with van der Waals surface area (Å²) < 4.78 is 37.9. The predicted molar refractivity (Wildman–Crippen MR) is 101 cm³/mol. The molecule has 1 aromatic carbocycles. The highest BCUT2D eigenvalue weighted by Gasteiger charge is 2.28. The summed E-state index contributed by atoms with van der Waals surface area (Å²) >= 11 is 0. The topological polar surface area (TPSA) is 109 Å². The molecule has 150 valence electrons. The number of carbonyl (C=O) groups is 1. The van der Waals surface area contributed by atoms with Gasteiger partial charge in [0.2, 0.25) is 10.0 Å². The van der Waals surface area contributed by atoms with Gasteiger partial charge in [0.1, 0.15) is 6.10 Å². The number of hydrogen-bond donors (Lipinski definition) is 3. The van der Waals surface area contributed by atoms with Gasteiger partial charge in [0.05, 0.1) is 36.1 Å². The first kappa shape index (κ1) is 20.0. The van der Waals surface area contributed by atoms with Gasteiger partial charge in [-0.3, -0.25) is 4.79 Å². The molecule has 0 aliphatic carbocycles. The normalized spacial score (nSPS) is 21.6. The maximum absolute atomic E-state index is 12.9. The number of anilines is 2. The molecular weight excluding hydrogens is 372 g/mol. The first-order valence-electron chi connectivity index (χ1n) is 9.11. The van der Waals surface area contributed by atoms with Crippen LogP contribution in [-0.2, 0) is 24.3 Å². The second-order valence-electron chi connectivity index (χ2n) is 6.31. The molecular formula is C17H26N4O5S. The van der Waals surface area contributed by atoms with E-state index in [-0.39, 0.29) is 10.8 Å². The van der Waals surface area contributed by atoms with E-state index in [1.54, 1.807) is 12.1 Å². The summed E-state index contributed by atoms with van der Waals surface area (Å²) in [5.74, 6) is -0.303. The minimum Gasteiger partial charge on any atom is -0.384 e. The monoisotopic (exact) mass is 398 g/mol. The fraction of sp³-hybridized carbons (Fsp3) is 0.588.